The molecule has 1 heterocycles. The average Bonchev–Trinajstić information content (AvgIpc) is 2.78. The minimum absolute atomic E-state index is 0.173. The molecule has 0 aliphatic heterocycles. The van der Waals surface area contributed by atoms with Crippen molar-refractivity contribution in [3.05, 3.63) is 16.4 Å². The number of Topliss-reactive ketones (excluding diaryl/α,β-unsaturated/α-hetero) is 1. The summed E-state index contributed by atoms with van der Waals surface area (Å²) in [6, 6.07) is 0. The van der Waals surface area contributed by atoms with E-state index in [4.69, 9.17) is 0 Å². The number of nitrogens with zero attached hydrogens (tertiary/aromatic N) is 2. The first-order valence-corrected chi connectivity index (χ1v) is 8.39. The van der Waals surface area contributed by atoms with Crippen LogP contribution in [0.25, 0.3) is 0 Å². The predicted molar refractivity (Wildman–Crippen MR) is 84.8 cm³/mol. The van der Waals surface area contributed by atoms with Crippen molar-refractivity contribution in [1.82, 2.24) is 9.78 Å². The fourth-order valence-corrected chi connectivity index (χ4v) is 3.75. The van der Waals surface area contributed by atoms with Gasteiger partial charge in [0.2, 0.25) is 0 Å². The number of aromatic nitrogens is 2. The predicted octanol–water partition coefficient (Wildman–Crippen LogP) is 4.70. The molecular formula is C16H25BrN2O. The molecule has 112 valence electrons. The number of carbonyl (C=O) groups excluding carboxylic acids is 1. The van der Waals surface area contributed by atoms with E-state index >= 15 is 0 Å². The summed E-state index contributed by atoms with van der Waals surface area (Å²) < 4.78 is 2.64. The fraction of sp³-hybridized carbons (Fsp3) is 0.750. The fourth-order valence-electron chi connectivity index (χ4n) is 3.26. The molecule has 4 heteroatoms. The van der Waals surface area contributed by atoms with E-state index in [1.54, 1.807) is 6.20 Å². The van der Waals surface area contributed by atoms with Gasteiger partial charge in [-0.05, 0) is 59.9 Å². The van der Waals surface area contributed by atoms with Crippen molar-refractivity contribution in [2.24, 2.45) is 17.3 Å². The van der Waals surface area contributed by atoms with Crippen LogP contribution in [0.15, 0.2) is 10.7 Å². The molecule has 0 spiro atoms. The number of hydrogen-bond acceptors (Lipinski definition) is 2. The van der Waals surface area contributed by atoms with Crippen molar-refractivity contribution in [1.29, 1.82) is 0 Å². The van der Waals surface area contributed by atoms with Gasteiger partial charge in [0.15, 0.2) is 5.78 Å². The third-order valence-electron chi connectivity index (χ3n) is 4.65. The first-order chi connectivity index (χ1) is 9.34. The van der Waals surface area contributed by atoms with Gasteiger partial charge in [0.05, 0.1) is 10.7 Å². The summed E-state index contributed by atoms with van der Waals surface area (Å²) in [6.07, 6.45) is 6.09. The molecule has 1 aromatic rings. The minimum atomic E-state index is 0.173. The van der Waals surface area contributed by atoms with Crippen molar-refractivity contribution < 1.29 is 4.79 Å². The Balaban J connectivity index is 2.07. The maximum absolute atomic E-state index is 12.7. The Labute approximate surface area is 130 Å². The second kappa shape index (κ2) is 6.00. The summed E-state index contributed by atoms with van der Waals surface area (Å²) in [5, 5.41) is 4.25. The molecule has 1 fully saturated rings. The van der Waals surface area contributed by atoms with Crippen LogP contribution in [0.4, 0.5) is 0 Å². The Morgan fingerprint density at radius 3 is 2.45 bits per heavy atom. The van der Waals surface area contributed by atoms with E-state index in [2.05, 4.69) is 41.8 Å². The standard InChI is InChI=1S/C16H25BrN2O/c1-5-19-14(13(17)10-18-19)15(20)11-6-8-12(9-7-11)16(2,3)4/h10-12H,5-9H2,1-4H3. The molecule has 0 aromatic carbocycles. The molecule has 1 aromatic heterocycles. The highest BCUT2D eigenvalue weighted by Gasteiger charge is 2.34. The van der Waals surface area contributed by atoms with Crippen molar-refractivity contribution in [2.45, 2.75) is 59.9 Å². The third-order valence-corrected chi connectivity index (χ3v) is 5.23. The Bertz CT molecular complexity index is 479. The summed E-state index contributed by atoms with van der Waals surface area (Å²) in [4.78, 5) is 12.7. The molecule has 20 heavy (non-hydrogen) atoms. The first-order valence-electron chi connectivity index (χ1n) is 7.60. The Morgan fingerprint density at radius 2 is 1.95 bits per heavy atom. The van der Waals surface area contributed by atoms with Crippen LogP contribution in [-0.2, 0) is 6.54 Å². The number of rotatable bonds is 3. The van der Waals surface area contributed by atoms with Gasteiger partial charge < -0.3 is 0 Å². The quantitative estimate of drug-likeness (QED) is 0.747. The van der Waals surface area contributed by atoms with E-state index in [0.29, 0.717) is 5.41 Å². The highest BCUT2D eigenvalue weighted by Crippen LogP contribution is 2.41. The van der Waals surface area contributed by atoms with Crippen LogP contribution < -0.4 is 0 Å². The lowest BCUT2D eigenvalue weighted by Crippen LogP contribution is -2.29. The molecule has 0 unspecified atom stereocenters. The number of aryl methyl sites for hydroxylation is 1. The maximum atomic E-state index is 12.7. The molecule has 0 atom stereocenters. The second-order valence-corrected chi connectivity index (χ2v) is 7.79. The normalized spacial score (nSPS) is 23.9. The lowest BCUT2D eigenvalue weighted by Gasteiger charge is -2.36. The summed E-state index contributed by atoms with van der Waals surface area (Å²) in [5.74, 6) is 1.18. The molecule has 1 saturated carbocycles. The van der Waals surface area contributed by atoms with Crippen LogP contribution >= 0.6 is 15.9 Å². The largest absolute Gasteiger partial charge is 0.292 e. The van der Waals surface area contributed by atoms with Gasteiger partial charge in [0.25, 0.3) is 0 Å². The van der Waals surface area contributed by atoms with Gasteiger partial charge in [0, 0.05) is 12.5 Å². The second-order valence-electron chi connectivity index (χ2n) is 6.94. The minimum Gasteiger partial charge on any atom is -0.292 e. The zero-order chi connectivity index (χ0) is 14.9. The molecule has 2 rings (SSSR count). The Kier molecular flexibility index (Phi) is 4.73. The molecular weight excluding hydrogens is 316 g/mol. The van der Waals surface area contributed by atoms with Crippen LogP contribution in [0.2, 0.25) is 0 Å². The molecule has 0 N–H and O–H groups in total. The van der Waals surface area contributed by atoms with Gasteiger partial charge in [-0.25, -0.2) is 0 Å². The summed E-state index contributed by atoms with van der Waals surface area (Å²) in [5.41, 5.74) is 1.12. The third kappa shape index (κ3) is 3.16. The molecule has 0 radical (unpaired) electrons. The van der Waals surface area contributed by atoms with Crippen LogP contribution in [-0.4, -0.2) is 15.6 Å². The summed E-state index contributed by atoms with van der Waals surface area (Å²) in [6.45, 7) is 9.68. The zero-order valence-corrected chi connectivity index (χ0v) is 14.5. The van der Waals surface area contributed by atoms with Gasteiger partial charge in [-0.15, -0.1) is 0 Å². The topological polar surface area (TPSA) is 34.9 Å². The van der Waals surface area contributed by atoms with Crippen molar-refractivity contribution >= 4 is 21.7 Å². The smallest absolute Gasteiger partial charge is 0.185 e. The SMILES string of the molecule is CCn1ncc(Br)c1C(=O)C1CCC(C(C)(C)C)CC1. The van der Waals surface area contributed by atoms with E-state index in [1.807, 2.05) is 11.6 Å². The van der Waals surface area contributed by atoms with E-state index in [0.717, 1.165) is 48.3 Å². The molecule has 3 nitrogen and oxygen atoms in total. The van der Waals surface area contributed by atoms with Crippen LogP contribution in [0.1, 0.15) is 63.9 Å². The molecule has 1 aliphatic carbocycles. The van der Waals surface area contributed by atoms with Gasteiger partial charge >= 0.3 is 0 Å². The highest BCUT2D eigenvalue weighted by molar-refractivity contribution is 9.10. The summed E-state index contributed by atoms with van der Waals surface area (Å²) in [7, 11) is 0. The summed E-state index contributed by atoms with van der Waals surface area (Å²) >= 11 is 3.46. The zero-order valence-electron chi connectivity index (χ0n) is 12.9. The molecule has 0 amide bonds. The Morgan fingerprint density at radius 1 is 1.35 bits per heavy atom. The van der Waals surface area contributed by atoms with E-state index in [1.165, 1.54) is 0 Å². The lowest BCUT2D eigenvalue weighted by atomic mass is 9.69. The van der Waals surface area contributed by atoms with E-state index in [9.17, 15) is 4.79 Å². The first kappa shape index (κ1) is 15.7. The van der Waals surface area contributed by atoms with Crippen LogP contribution in [0, 0.1) is 17.3 Å². The highest BCUT2D eigenvalue weighted by atomic mass is 79.9. The van der Waals surface area contributed by atoms with Gasteiger partial charge in [-0.2, -0.15) is 5.10 Å². The molecule has 0 bridgehead atoms. The number of ketones is 1. The molecule has 1 aliphatic rings. The Hall–Kier alpha value is -0.640. The lowest BCUT2D eigenvalue weighted by molar-refractivity contribution is 0.0808. The van der Waals surface area contributed by atoms with Crippen molar-refractivity contribution in [3.8, 4) is 0 Å². The number of carbonyl (C=O) groups is 1. The maximum Gasteiger partial charge on any atom is 0.185 e. The van der Waals surface area contributed by atoms with Crippen molar-refractivity contribution in [2.75, 3.05) is 0 Å². The average molecular weight is 341 g/mol. The molecule has 0 saturated heterocycles. The van der Waals surface area contributed by atoms with Gasteiger partial charge in [-0.3, -0.25) is 9.48 Å². The van der Waals surface area contributed by atoms with Crippen LogP contribution in [0.5, 0.6) is 0 Å². The van der Waals surface area contributed by atoms with Crippen molar-refractivity contribution in [3.63, 3.8) is 0 Å². The van der Waals surface area contributed by atoms with E-state index in [-0.39, 0.29) is 11.7 Å². The number of hydrogen-bond donors (Lipinski definition) is 0. The number of halogens is 1. The van der Waals surface area contributed by atoms with Crippen LogP contribution in [0.3, 0.4) is 0 Å². The van der Waals surface area contributed by atoms with Gasteiger partial charge in [-0.1, -0.05) is 20.8 Å². The van der Waals surface area contributed by atoms with Gasteiger partial charge in [0.1, 0.15) is 5.69 Å². The monoisotopic (exact) mass is 340 g/mol. The van der Waals surface area contributed by atoms with E-state index < -0.39 is 0 Å².